The molecule has 1 aromatic heterocycles. The van der Waals surface area contributed by atoms with Crippen molar-refractivity contribution in [2.45, 2.75) is 26.8 Å². The van der Waals surface area contributed by atoms with Crippen LogP contribution in [0.25, 0.3) is 0 Å². The van der Waals surface area contributed by atoms with Gasteiger partial charge in [0.25, 0.3) is 11.2 Å². The van der Waals surface area contributed by atoms with Crippen molar-refractivity contribution in [3.63, 3.8) is 0 Å². The van der Waals surface area contributed by atoms with Crippen LogP contribution < -0.4 is 19.8 Å². The van der Waals surface area contributed by atoms with Crippen molar-refractivity contribution in [3.05, 3.63) is 79.1 Å². The van der Waals surface area contributed by atoms with E-state index in [1.165, 1.54) is 39.5 Å². The van der Waals surface area contributed by atoms with Crippen molar-refractivity contribution < 1.29 is 24.2 Å². The SMILES string of the molecule is CCOc1ccc(N=Cc2c(C)c(C#N)c(=O)n(CCc3ccc(OC)c(OC)c3)c2O)c([N+](=O)[O-])c1. The summed E-state index contributed by atoms with van der Waals surface area (Å²) in [4.78, 5) is 28.1. The molecule has 192 valence electrons. The van der Waals surface area contributed by atoms with Gasteiger partial charge in [0.1, 0.15) is 23.1 Å². The van der Waals surface area contributed by atoms with E-state index in [4.69, 9.17) is 14.2 Å². The Morgan fingerprint density at radius 1 is 1.19 bits per heavy atom. The molecule has 37 heavy (non-hydrogen) atoms. The molecule has 11 heteroatoms. The highest BCUT2D eigenvalue weighted by atomic mass is 16.6. The summed E-state index contributed by atoms with van der Waals surface area (Å²) < 4.78 is 16.9. The van der Waals surface area contributed by atoms with Crippen LogP contribution in [0.5, 0.6) is 23.1 Å². The average molecular weight is 507 g/mol. The molecule has 0 radical (unpaired) electrons. The highest BCUT2D eigenvalue weighted by Gasteiger charge is 2.20. The summed E-state index contributed by atoms with van der Waals surface area (Å²) in [5.41, 5.74) is 0.0463. The van der Waals surface area contributed by atoms with Crippen LogP contribution in [-0.4, -0.2) is 41.6 Å². The molecule has 0 aliphatic heterocycles. The summed E-state index contributed by atoms with van der Waals surface area (Å²) in [7, 11) is 3.04. The maximum absolute atomic E-state index is 12.9. The van der Waals surface area contributed by atoms with E-state index in [1.54, 1.807) is 31.2 Å². The fourth-order valence-corrected chi connectivity index (χ4v) is 3.76. The minimum Gasteiger partial charge on any atom is -0.494 e. The van der Waals surface area contributed by atoms with Crippen molar-refractivity contribution in [2.24, 2.45) is 4.99 Å². The predicted molar refractivity (Wildman–Crippen MR) is 137 cm³/mol. The zero-order valence-corrected chi connectivity index (χ0v) is 20.8. The minimum absolute atomic E-state index is 0.0221. The molecule has 0 aliphatic rings. The molecule has 0 amide bonds. The van der Waals surface area contributed by atoms with Gasteiger partial charge >= 0.3 is 0 Å². The molecule has 3 rings (SSSR count). The highest BCUT2D eigenvalue weighted by Crippen LogP contribution is 2.32. The van der Waals surface area contributed by atoms with E-state index in [2.05, 4.69) is 4.99 Å². The number of nitriles is 1. The molecule has 0 unspecified atom stereocenters. The number of nitro benzene ring substituents is 1. The molecule has 0 bridgehead atoms. The van der Waals surface area contributed by atoms with Crippen molar-refractivity contribution in [3.8, 4) is 29.2 Å². The smallest absolute Gasteiger partial charge is 0.298 e. The van der Waals surface area contributed by atoms with Crippen LogP contribution in [0.1, 0.15) is 29.2 Å². The second-order valence-electron chi connectivity index (χ2n) is 7.84. The van der Waals surface area contributed by atoms with E-state index in [0.717, 1.165) is 10.1 Å². The molecule has 1 N–H and O–H groups in total. The molecule has 0 aliphatic carbocycles. The monoisotopic (exact) mass is 506 g/mol. The first-order valence-electron chi connectivity index (χ1n) is 11.3. The lowest BCUT2D eigenvalue weighted by Crippen LogP contribution is -2.26. The summed E-state index contributed by atoms with van der Waals surface area (Å²) in [5, 5.41) is 32.1. The lowest BCUT2D eigenvalue weighted by atomic mass is 10.1. The number of methoxy groups -OCH3 is 2. The van der Waals surface area contributed by atoms with Gasteiger partial charge in [-0.15, -0.1) is 0 Å². The van der Waals surface area contributed by atoms with Crippen LogP contribution in [0.2, 0.25) is 0 Å². The van der Waals surface area contributed by atoms with Gasteiger partial charge in [0.05, 0.1) is 37.4 Å². The molecule has 1 heterocycles. The van der Waals surface area contributed by atoms with Crippen LogP contribution >= 0.6 is 0 Å². The number of nitrogens with zero attached hydrogens (tertiary/aromatic N) is 4. The molecule has 3 aromatic rings. The number of nitro groups is 1. The number of aromatic hydroxyl groups is 1. The third-order valence-corrected chi connectivity index (χ3v) is 5.71. The van der Waals surface area contributed by atoms with Gasteiger partial charge in [0.2, 0.25) is 5.88 Å². The number of rotatable bonds is 10. The summed E-state index contributed by atoms with van der Waals surface area (Å²) >= 11 is 0. The van der Waals surface area contributed by atoms with Gasteiger partial charge in [-0.1, -0.05) is 6.07 Å². The van der Waals surface area contributed by atoms with Gasteiger partial charge in [-0.3, -0.25) is 19.5 Å². The Balaban J connectivity index is 2.02. The number of pyridine rings is 1. The van der Waals surface area contributed by atoms with Crippen molar-refractivity contribution in [1.82, 2.24) is 4.57 Å². The van der Waals surface area contributed by atoms with Crippen LogP contribution in [0, 0.1) is 28.4 Å². The number of ether oxygens (including phenoxy) is 3. The summed E-state index contributed by atoms with van der Waals surface area (Å²) in [5.74, 6) is 0.986. The first-order valence-corrected chi connectivity index (χ1v) is 11.3. The summed E-state index contributed by atoms with van der Waals surface area (Å²) in [6.07, 6.45) is 1.54. The van der Waals surface area contributed by atoms with E-state index in [9.17, 15) is 25.3 Å². The normalized spacial score (nSPS) is 10.8. The maximum atomic E-state index is 12.9. The van der Waals surface area contributed by atoms with E-state index in [-0.39, 0.29) is 34.6 Å². The van der Waals surface area contributed by atoms with Crippen LogP contribution in [0.15, 0.2) is 46.2 Å². The standard InChI is InChI=1S/C26H26N4O7/c1-5-37-18-7-8-21(22(13-18)30(33)34)28-15-20-16(2)19(14-27)25(31)29(26(20)32)11-10-17-6-9-23(35-3)24(12-17)36-4/h6-9,12-13,15,32H,5,10-11H2,1-4H3. The molecule has 0 saturated carbocycles. The van der Waals surface area contributed by atoms with Crippen LogP contribution in [-0.2, 0) is 13.0 Å². The number of hydrogen-bond donors (Lipinski definition) is 1. The van der Waals surface area contributed by atoms with Gasteiger partial charge in [-0.05, 0) is 55.7 Å². The molecular formula is C26H26N4O7. The number of benzene rings is 2. The zero-order valence-electron chi connectivity index (χ0n) is 20.8. The Morgan fingerprint density at radius 2 is 1.92 bits per heavy atom. The largest absolute Gasteiger partial charge is 0.494 e. The van der Waals surface area contributed by atoms with E-state index in [1.807, 2.05) is 6.07 Å². The van der Waals surface area contributed by atoms with Gasteiger partial charge in [-0.2, -0.15) is 5.26 Å². The van der Waals surface area contributed by atoms with Crippen LogP contribution in [0.3, 0.4) is 0 Å². The Morgan fingerprint density at radius 3 is 2.54 bits per heavy atom. The molecule has 0 spiro atoms. The molecular weight excluding hydrogens is 480 g/mol. The lowest BCUT2D eigenvalue weighted by molar-refractivity contribution is -0.384. The average Bonchev–Trinajstić information content (AvgIpc) is 2.89. The van der Waals surface area contributed by atoms with Gasteiger partial charge in [0, 0.05) is 12.8 Å². The van der Waals surface area contributed by atoms with Crippen LogP contribution in [0.4, 0.5) is 11.4 Å². The third kappa shape index (κ3) is 5.70. The number of aromatic nitrogens is 1. The maximum Gasteiger partial charge on any atom is 0.298 e. The zero-order chi connectivity index (χ0) is 27.1. The van der Waals surface area contributed by atoms with E-state index in [0.29, 0.717) is 30.3 Å². The molecule has 11 nitrogen and oxygen atoms in total. The molecule has 2 aromatic carbocycles. The van der Waals surface area contributed by atoms with Gasteiger partial charge < -0.3 is 19.3 Å². The van der Waals surface area contributed by atoms with Crippen molar-refractivity contribution in [2.75, 3.05) is 20.8 Å². The lowest BCUT2D eigenvalue weighted by Gasteiger charge is -2.15. The Labute approximate surface area is 212 Å². The topological polar surface area (TPSA) is 149 Å². The third-order valence-electron chi connectivity index (χ3n) is 5.71. The molecule has 0 atom stereocenters. The minimum atomic E-state index is -0.651. The van der Waals surface area contributed by atoms with Crippen molar-refractivity contribution >= 4 is 17.6 Å². The van der Waals surface area contributed by atoms with E-state index < -0.39 is 16.4 Å². The Kier molecular flexibility index (Phi) is 8.47. The van der Waals surface area contributed by atoms with E-state index >= 15 is 0 Å². The number of aliphatic imine (C=N–C) groups is 1. The Bertz CT molecular complexity index is 1450. The second kappa shape index (κ2) is 11.7. The summed E-state index contributed by atoms with van der Waals surface area (Å²) in [6.45, 7) is 3.66. The van der Waals surface area contributed by atoms with Gasteiger partial charge in [0.15, 0.2) is 11.5 Å². The Hall–Kier alpha value is -4.85. The molecule has 0 fully saturated rings. The molecule has 0 saturated heterocycles. The second-order valence-corrected chi connectivity index (χ2v) is 7.84. The number of hydrogen-bond acceptors (Lipinski definition) is 9. The number of aryl methyl sites for hydroxylation is 1. The first kappa shape index (κ1) is 26.7. The predicted octanol–water partition coefficient (Wildman–Crippen LogP) is 4.05. The van der Waals surface area contributed by atoms with Gasteiger partial charge in [-0.25, -0.2) is 4.99 Å². The summed E-state index contributed by atoms with van der Waals surface area (Å²) in [6, 6.07) is 11.4. The quantitative estimate of drug-likeness (QED) is 0.246. The fourth-order valence-electron chi connectivity index (χ4n) is 3.76. The first-order chi connectivity index (χ1) is 17.7. The van der Waals surface area contributed by atoms with Crippen molar-refractivity contribution in [1.29, 1.82) is 5.26 Å². The fraction of sp³-hybridized carbons (Fsp3) is 0.269. The highest BCUT2D eigenvalue weighted by molar-refractivity contribution is 5.88.